The predicted octanol–water partition coefficient (Wildman–Crippen LogP) is 3.01. The minimum atomic E-state index is -0.517. The van der Waals surface area contributed by atoms with E-state index in [1.54, 1.807) is 0 Å². The van der Waals surface area contributed by atoms with Crippen LogP contribution in [0.1, 0.15) is 51.4 Å². The summed E-state index contributed by atoms with van der Waals surface area (Å²) in [7, 11) is 0. The van der Waals surface area contributed by atoms with E-state index in [4.69, 9.17) is 4.98 Å². The van der Waals surface area contributed by atoms with Gasteiger partial charge in [-0.15, -0.1) is 0 Å². The smallest absolute Gasteiger partial charge is 0.126 e. The van der Waals surface area contributed by atoms with Crippen LogP contribution < -0.4 is 5.32 Å². The molecule has 3 rings (SSSR count). The number of benzene rings is 1. The van der Waals surface area contributed by atoms with Crippen LogP contribution in [0.15, 0.2) is 24.3 Å². The zero-order valence-corrected chi connectivity index (χ0v) is 13.0. The van der Waals surface area contributed by atoms with Crippen molar-refractivity contribution in [1.29, 1.82) is 0 Å². The first-order valence-corrected chi connectivity index (χ1v) is 8.04. The molecule has 0 bridgehead atoms. The number of rotatable bonds is 5. The molecule has 1 heterocycles. The minimum Gasteiger partial charge on any atom is -0.389 e. The minimum absolute atomic E-state index is 0.141. The van der Waals surface area contributed by atoms with Gasteiger partial charge in [-0.1, -0.05) is 25.0 Å². The van der Waals surface area contributed by atoms with Gasteiger partial charge in [0.05, 0.1) is 22.7 Å². The third kappa shape index (κ3) is 2.83. The summed E-state index contributed by atoms with van der Waals surface area (Å²) < 4.78 is 2.26. The summed E-state index contributed by atoms with van der Waals surface area (Å²) in [5.74, 6) is 1.06. The van der Waals surface area contributed by atoms with E-state index in [9.17, 15) is 5.11 Å². The van der Waals surface area contributed by atoms with Gasteiger partial charge in [0.15, 0.2) is 0 Å². The Balaban J connectivity index is 1.79. The summed E-state index contributed by atoms with van der Waals surface area (Å²) >= 11 is 0. The zero-order valence-electron chi connectivity index (χ0n) is 13.0. The van der Waals surface area contributed by atoms with Gasteiger partial charge in [-0.25, -0.2) is 4.98 Å². The van der Waals surface area contributed by atoms with Crippen LogP contribution in [0.5, 0.6) is 0 Å². The maximum Gasteiger partial charge on any atom is 0.126 e. The highest BCUT2D eigenvalue weighted by Gasteiger charge is 2.31. The SMILES string of the molecule is CCn1c(C(C)NCC2(O)CCCC2)nc2ccccc21. The average Bonchev–Trinajstić information content (AvgIpc) is 3.08. The molecule has 1 aromatic heterocycles. The number of hydrogen-bond acceptors (Lipinski definition) is 3. The largest absolute Gasteiger partial charge is 0.389 e. The number of nitrogens with zero attached hydrogens (tertiary/aromatic N) is 2. The molecule has 114 valence electrons. The number of aryl methyl sites for hydroxylation is 1. The van der Waals surface area contributed by atoms with Crippen molar-refractivity contribution in [3.63, 3.8) is 0 Å². The van der Waals surface area contributed by atoms with Crippen molar-refractivity contribution >= 4 is 11.0 Å². The molecule has 0 amide bonds. The van der Waals surface area contributed by atoms with Gasteiger partial charge in [0.25, 0.3) is 0 Å². The lowest BCUT2D eigenvalue weighted by Gasteiger charge is -2.25. The first-order chi connectivity index (χ1) is 10.1. The van der Waals surface area contributed by atoms with Crippen LogP contribution in [-0.4, -0.2) is 26.8 Å². The van der Waals surface area contributed by atoms with Crippen LogP contribution in [0.2, 0.25) is 0 Å². The van der Waals surface area contributed by atoms with E-state index < -0.39 is 5.60 Å². The van der Waals surface area contributed by atoms with Crippen molar-refractivity contribution in [2.24, 2.45) is 0 Å². The fraction of sp³-hybridized carbons (Fsp3) is 0.588. The Labute approximate surface area is 126 Å². The lowest BCUT2D eigenvalue weighted by Crippen LogP contribution is -2.39. The van der Waals surface area contributed by atoms with Crippen molar-refractivity contribution in [2.75, 3.05) is 6.54 Å². The van der Waals surface area contributed by atoms with Gasteiger partial charge in [0.1, 0.15) is 5.82 Å². The topological polar surface area (TPSA) is 50.1 Å². The van der Waals surface area contributed by atoms with E-state index >= 15 is 0 Å². The summed E-state index contributed by atoms with van der Waals surface area (Å²) in [5.41, 5.74) is 1.71. The fourth-order valence-electron chi connectivity index (χ4n) is 3.40. The van der Waals surface area contributed by atoms with Gasteiger partial charge in [-0.2, -0.15) is 0 Å². The van der Waals surface area contributed by atoms with Gasteiger partial charge in [-0.05, 0) is 38.8 Å². The summed E-state index contributed by atoms with van der Waals surface area (Å²) in [4.78, 5) is 4.77. The molecule has 1 aliphatic rings. The highest BCUT2D eigenvalue weighted by molar-refractivity contribution is 5.76. The van der Waals surface area contributed by atoms with Crippen LogP contribution in [0.3, 0.4) is 0 Å². The molecule has 1 saturated carbocycles. The second kappa shape index (κ2) is 5.78. The number of nitrogens with one attached hydrogen (secondary N) is 1. The van der Waals surface area contributed by atoms with E-state index in [1.165, 1.54) is 5.52 Å². The lowest BCUT2D eigenvalue weighted by atomic mass is 10.0. The van der Waals surface area contributed by atoms with Crippen molar-refractivity contribution in [3.8, 4) is 0 Å². The zero-order chi connectivity index (χ0) is 14.9. The van der Waals surface area contributed by atoms with Gasteiger partial charge >= 0.3 is 0 Å². The molecule has 0 radical (unpaired) electrons. The first kappa shape index (κ1) is 14.5. The van der Waals surface area contributed by atoms with Gasteiger partial charge < -0.3 is 15.0 Å². The Morgan fingerprint density at radius 3 is 2.76 bits per heavy atom. The fourth-order valence-corrected chi connectivity index (χ4v) is 3.40. The number of aromatic nitrogens is 2. The Kier molecular flexibility index (Phi) is 4.00. The molecule has 0 saturated heterocycles. The van der Waals surface area contributed by atoms with Crippen LogP contribution in [0.4, 0.5) is 0 Å². The molecule has 1 unspecified atom stereocenters. The molecule has 21 heavy (non-hydrogen) atoms. The number of para-hydroxylation sites is 2. The molecule has 4 nitrogen and oxygen atoms in total. The summed E-state index contributed by atoms with van der Waals surface area (Å²) in [6.07, 6.45) is 4.11. The van der Waals surface area contributed by atoms with Crippen LogP contribution in [0, 0.1) is 0 Å². The first-order valence-electron chi connectivity index (χ1n) is 8.04. The molecule has 1 aromatic carbocycles. The highest BCUT2D eigenvalue weighted by atomic mass is 16.3. The molecular weight excluding hydrogens is 262 g/mol. The molecule has 2 N–H and O–H groups in total. The number of hydrogen-bond donors (Lipinski definition) is 2. The molecule has 1 aliphatic carbocycles. The summed E-state index contributed by atoms with van der Waals surface area (Å²) in [6, 6.07) is 8.40. The number of imidazole rings is 1. The van der Waals surface area contributed by atoms with Gasteiger partial charge in [-0.3, -0.25) is 0 Å². The third-order valence-corrected chi connectivity index (χ3v) is 4.66. The van der Waals surface area contributed by atoms with Crippen molar-refractivity contribution < 1.29 is 5.11 Å². The molecule has 4 heteroatoms. The maximum absolute atomic E-state index is 10.5. The summed E-state index contributed by atoms with van der Waals surface area (Å²) in [5, 5.41) is 13.9. The number of fused-ring (bicyclic) bond motifs is 1. The van der Waals surface area contributed by atoms with E-state index in [0.717, 1.165) is 43.6 Å². The van der Waals surface area contributed by atoms with E-state index in [1.807, 2.05) is 6.07 Å². The molecule has 1 fully saturated rings. The van der Waals surface area contributed by atoms with Crippen LogP contribution in [0.25, 0.3) is 11.0 Å². The Morgan fingerprint density at radius 1 is 1.33 bits per heavy atom. The lowest BCUT2D eigenvalue weighted by molar-refractivity contribution is 0.0450. The maximum atomic E-state index is 10.5. The molecular formula is C17H25N3O. The summed E-state index contributed by atoms with van der Waals surface area (Å²) in [6.45, 7) is 5.84. The normalized spacial score (nSPS) is 19.2. The molecule has 2 aromatic rings. The Bertz CT molecular complexity index is 614. The number of aliphatic hydroxyl groups is 1. The molecule has 0 spiro atoms. The quantitative estimate of drug-likeness (QED) is 0.889. The van der Waals surface area contributed by atoms with E-state index in [-0.39, 0.29) is 6.04 Å². The van der Waals surface area contributed by atoms with E-state index in [0.29, 0.717) is 6.54 Å². The monoisotopic (exact) mass is 287 g/mol. The molecule has 0 aliphatic heterocycles. The second-order valence-electron chi connectivity index (χ2n) is 6.24. The van der Waals surface area contributed by atoms with Crippen molar-refractivity contribution in [2.45, 2.75) is 57.7 Å². The highest BCUT2D eigenvalue weighted by Crippen LogP contribution is 2.29. The Hall–Kier alpha value is -1.39. The second-order valence-corrected chi connectivity index (χ2v) is 6.24. The van der Waals surface area contributed by atoms with Crippen molar-refractivity contribution in [3.05, 3.63) is 30.1 Å². The van der Waals surface area contributed by atoms with Gasteiger partial charge in [0.2, 0.25) is 0 Å². The third-order valence-electron chi connectivity index (χ3n) is 4.66. The van der Waals surface area contributed by atoms with E-state index in [2.05, 4.69) is 41.9 Å². The average molecular weight is 287 g/mol. The van der Waals surface area contributed by atoms with Crippen LogP contribution in [-0.2, 0) is 6.54 Å². The van der Waals surface area contributed by atoms with Gasteiger partial charge in [0, 0.05) is 13.1 Å². The van der Waals surface area contributed by atoms with Crippen LogP contribution >= 0.6 is 0 Å². The predicted molar refractivity (Wildman–Crippen MR) is 85.2 cm³/mol. The molecule has 1 atom stereocenters. The Morgan fingerprint density at radius 2 is 2.05 bits per heavy atom. The standard InChI is InChI=1S/C17H25N3O/c1-3-20-15-9-5-4-8-14(15)19-16(20)13(2)18-12-17(21)10-6-7-11-17/h4-5,8-9,13,18,21H,3,6-7,10-12H2,1-2H3. The van der Waals surface area contributed by atoms with Crippen molar-refractivity contribution in [1.82, 2.24) is 14.9 Å².